The second-order valence-corrected chi connectivity index (χ2v) is 7.69. The molecular formula is C23H20BrN3O6. The second-order valence-electron chi connectivity index (χ2n) is 6.78. The quantitative estimate of drug-likeness (QED) is 0.362. The molecule has 0 fully saturated rings. The lowest BCUT2D eigenvalue weighted by atomic mass is 10.1. The molecule has 0 saturated carbocycles. The number of esters is 1. The maximum Gasteiger partial charge on any atom is 0.362 e. The van der Waals surface area contributed by atoms with Gasteiger partial charge in [0, 0.05) is 15.7 Å². The number of carbonyl (C=O) groups excluding carboxylic acids is 3. The Morgan fingerprint density at radius 3 is 2.45 bits per heavy atom. The van der Waals surface area contributed by atoms with Crippen LogP contribution in [0, 0.1) is 0 Å². The first kappa shape index (κ1) is 23.9. The fraction of sp³-hybridized carbons (Fsp3) is 0.174. The molecule has 0 spiro atoms. The van der Waals surface area contributed by atoms with Gasteiger partial charge in [-0.25, -0.2) is 4.79 Å². The van der Waals surface area contributed by atoms with Crippen molar-refractivity contribution < 1.29 is 23.9 Å². The summed E-state index contributed by atoms with van der Waals surface area (Å²) < 4.78 is 12.2. The lowest BCUT2D eigenvalue weighted by Crippen LogP contribution is -2.27. The van der Waals surface area contributed by atoms with Crippen molar-refractivity contribution in [2.45, 2.75) is 13.8 Å². The number of ketones is 1. The van der Waals surface area contributed by atoms with Crippen molar-refractivity contribution >= 4 is 39.3 Å². The summed E-state index contributed by atoms with van der Waals surface area (Å²) in [5.74, 6) is -1.59. The van der Waals surface area contributed by atoms with Gasteiger partial charge in [-0.1, -0.05) is 22.0 Å². The van der Waals surface area contributed by atoms with Gasteiger partial charge in [0.15, 0.2) is 18.1 Å². The zero-order valence-corrected chi connectivity index (χ0v) is 19.4. The molecule has 10 heteroatoms. The largest absolute Gasteiger partial charge is 0.481 e. The molecule has 1 heterocycles. The van der Waals surface area contributed by atoms with E-state index in [-0.39, 0.29) is 23.8 Å². The number of nitrogens with zero attached hydrogens (tertiary/aromatic N) is 2. The Morgan fingerprint density at radius 2 is 1.82 bits per heavy atom. The average molecular weight is 514 g/mol. The highest BCUT2D eigenvalue weighted by Gasteiger charge is 2.20. The fourth-order valence-electron chi connectivity index (χ4n) is 2.81. The molecule has 3 aromatic rings. The Bertz CT molecular complexity index is 1250. The fourth-order valence-corrected chi connectivity index (χ4v) is 3.20. The van der Waals surface area contributed by atoms with Crippen molar-refractivity contribution in [3.8, 4) is 11.4 Å². The monoisotopic (exact) mass is 513 g/mol. The molecule has 0 atom stereocenters. The summed E-state index contributed by atoms with van der Waals surface area (Å²) in [5, 5.41) is 6.72. The van der Waals surface area contributed by atoms with Gasteiger partial charge in [-0.2, -0.15) is 9.78 Å². The minimum Gasteiger partial charge on any atom is -0.481 e. The third-order valence-electron chi connectivity index (χ3n) is 4.35. The molecule has 0 saturated heterocycles. The van der Waals surface area contributed by atoms with Crippen molar-refractivity contribution in [3.63, 3.8) is 0 Å². The van der Waals surface area contributed by atoms with Crippen LogP contribution in [0.4, 0.5) is 5.69 Å². The number of rotatable bonds is 8. The highest BCUT2D eigenvalue weighted by atomic mass is 79.9. The SMILES string of the molecule is CCOC(=O)c1nn(-c2cccc(Br)c2)c(=O)cc1OCC(=O)Nc1ccc(C(C)=O)cc1. The van der Waals surface area contributed by atoms with E-state index in [2.05, 4.69) is 26.3 Å². The lowest BCUT2D eigenvalue weighted by Gasteiger charge is -2.13. The maximum atomic E-state index is 12.6. The van der Waals surface area contributed by atoms with Crippen molar-refractivity contribution in [1.82, 2.24) is 9.78 Å². The lowest BCUT2D eigenvalue weighted by molar-refractivity contribution is -0.118. The minimum atomic E-state index is -0.795. The zero-order chi connectivity index (χ0) is 24.0. The normalized spacial score (nSPS) is 10.4. The Hall–Kier alpha value is -3.79. The van der Waals surface area contributed by atoms with Crippen molar-refractivity contribution in [1.29, 1.82) is 0 Å². The van der Waals surface area contributed by atoms with Gasteiger partial charge >= 0.3 is 5.97 Å². The molecule has 170 valence electrons. The third-order valence-corrected chi connectivity index (χ3v) is 4.85. The van der Waals surface area contributed by atoms with Crippen molar-refractivity contribution in [2.75, 3.05) is 18.5 Å². The summed E-state index contributed by atoms with van der Waals surface area (Å²) in [4.78, 5) is 48.7. The number of nitrogens with one attached hydrogen (secondary N) is 1. The number of hydrogen-bond donors (Lipinski definition) is 1. The van der Waals surface area contributed by atoms with Crippen LogP contribution in [0.25, 0.3) is 5.69 Å². The molecule has 0 unspecified atom stereocenters. The van der Waals surface area contributed by atoms with Gasteiger partial charge in [0.05, 0.1) is 18.4 Å². The Labute approximate surface area is 197 Å². The molecule has 1 N–H and O–H groups in total. The van der Waals surface area contributed by atoms with Gasteiger partial charge in [-0.05, 0) is 56.3 Å². The number of aromatic nitrogens is 2. The summed E-state index contributed by atoms with van der Waals surface area (Å²) in [5.41, 5.74) is 0.604. The first-order valence-corrected chi connectivity index (χ1v) is 10.7. The van der Waals surface area contributed by atoms with Crippen LogP contribution in [0.5, 0.6) is 5.75 Å². The predicted molar refractivity (Wildman–Crippen MR) is 124 cm³/mol. The third kappa shape index (κ3) is 6.13. The molecule has 0 aliphatic carbocycles. The van der Waals surface area contributed by atoms with Crippen LogP contribution in [0.2, 0.25) is 0 Å². The molecule has 0 bridgehead atoms. The first-order chi connectivity index (χ1) is 15.8. The summed E-state index contributed by atoms with van der Waals surface area (Å²) in [6, 6.07) is 14.2. The van der Waals surface area contributed by atoms with Gasteiger partial charge in [-0.15, -0.1) is 0 Å². The van der Waals surface area contributed by atoms with Crippen LogP contribution < -0.4 is 15.6 Å². The van der Waals surface area contributed by atoms with Crippen LogP contribution in [0.1, 0.15) is 34.7 Å². The number of hydrogen-bond acceptors (Lipinski definition) is 7. The number of ether oxygens (including phenoxy) is 2. The second kappa shape index (κ2) is 10.7. The van der Waals surface area contributed by atoms with Crippen LogP contribution in [0.3, 0.4) is 0 Å². The molecule has 33 heavy (non-hydrogen) atoms. The van der Waals surface area contributed by atoms with Crippen LogP contribution >= 0.6 is 15.9 Å². The van der Waals surface area contributed by atoms with Gasteiger partial charge in [0.25, 0.3) is 11.5 Å². The molecule has 0 radical (unpaired) electrons. The number of anilines is 1. The van der Waals surface area contributed by atoms with Gasteiger partial charge in [-0.3, -0.25) is 14.4 Å². The summed E-state index contributed by atoms with van der Waals surface area (Å²) >= 11 is 3.33. The van der Waals surface area contributed by atoms with E-state index in [9.17, 15) is 19.2 Å². The molecular weight excluding hydrogens is 494 g/mol. The number of carbonyl (C=O) groups is 3. The van der Waals surface area contributed by atoms with E-state index in [4.69, 9.17) is 9.47 Å². The smallest absolute Gasteiger partial charge is 0.362 e. The highest BCUT2D eigenvalue weighted by Crippen LogP contribution is 2.18. The van der Waals surface area contributed by atoms with E-state index in [1.165, 1.54) is 6.92 Å². The summed E-state index contributed by atoms with van der Waals surface area (Å²) in [7, 11) is 0. The topological polar surface area (TPSA) is 117 Å². The number of halogens is 1. The van der Waals surface area contributed by atoms with Gasteiger partial charge in [0.2, 0.25) is 5.69 Å². The molecule has 1 amide bonds. The standard InChI is InChI=1S/C23H20BrN3O6/c1-3-32-23(31)22-19(12-21(30)27(26-22)18-6-4-5-16(24)11-18)33-13-20(29)25-17-9-7-15(8-10-17)14(2)28/h4-12H,3,13H2,1-2H3,(H,25,29). The molecule has 2 aromatic carbocycles. The Morgan fingerprint density at radius 1 is 1.09 bits per heavy atom. The van der Waals surface area contributed by atoms with Crippen LogP contribution in [0.15, 0.2) is 63.9 Å². The van der Waals surface area contributed by atoms with Crippen molar-refractivity contribution in [2.24, 2.45) is 0 Å². The van der Waals surface area contributed by atoms with E-state index >= 15 is 0 Å². The predicted octanol–water partition coefficient (Wildman–Crippen LogP) is 3.39. The van der Waals surface area contributed by atoms with E-state index in [1.807, 2.05) is 0 Å². The average Bonchev–Trinajstić information content (AvgIpc) is 2.78. The minimum absolute atomic E-state index is 0.0900. The number of benzene rings is 2. The van der Waals surface area contributed by atoms with E-state index < -0.39 is 24.0 Å². The van der Waals surface area contributed by atoms with Gasteiger partial charge < -0.3 is 14.8 Å². The number of Topliss-reactive ketones (excluding diaryl/α,β-unsaturated/α-hetero) is 1. The van der Waals surface area contributed by atoms with Crippen LogP contribution in [-0.4, -0.2) is 40.7 Å². The van der Waals surface area contributed by atoms with E-state index in [1.54, 1.807) is 55.5 Å². The van der Waals surface area contributed by atoms with Crippen LogP contribution in [-0.2, 0) is 9.53 Å². The molecule has 0 aliphatic heterocycles. The molecule has 9 nitrogen and oxygen atoms in total. The number of amides is 1. The molecule has 0 aliphatic rings. The Kier molecular flexibility index (Phi) is 7.73. The summed E-state index contributed by atoms with van der Waals surface area (Å²) in [6.07, 6.45) is 0. The van der Waals surface area contributed by atoms with Gasteiger partial charge in [0.1, 0.15) is 0 Å². The molecule has 1 aromatic heterocycles. The highest BCUT2D eigenvalue weighted by molar-refractivity contribution is 9.10. The molecule has 3 rings (SSSR count). The first-order valence-electron chi connectivity index (χ1n) is 9.89. The van der Waals surface area contributed by atoms with E-state index in [0.29, 0.717) is 16.9 Å². The maximum absolute atomic E-state index is 12.6. The Balaban J connectivity index is 1.81. The van der Waals surface area contributed by atoms with E-state index in [0.717, 1.165) is 15.2 Å². The van der Waals surface area contributed by atoms with Crippen molar-refractivity contribution in [3.05, 3.63) is 80.7 Å². The zero-order valence-electron chi connectivity index (χ0n) is 17.8. The summed E-state index contributed by atoms with van der Waals surface area (Å²) in [6.45, 7) is 2.68.